The predicted octanol–water partition coefficient (Wildman–Crippen LogP) is 7.15. The Morgan fingerprint density at radius 2 is 1.77 bits per heavy atom. The number of phenols is 1. The van der Waals surface area contributed by atoms with E-state index in [2.05, 4.69) is 45.9 Å². The van der Waals surface area contributed by atoms with Crippen molar-refractivity contribution >= 4 is 0 Å². The summed E-state index contributed by atoms with van der Waals surface area (Å²) in [7, 11) is 1.69. The lowest BCUT2D eigenvalue weighted by atomic mass is 10.00. The summed E-state index contributed by atoms with van der Waals surface area (Å²) in [6.45, 7) is 8.66. The fourth-order valence-corrected chi connectivity index (χ4v) is 3.12. The molecule has 0 saturated carbocycles. The molecule has 0 spiro atoms. The predicted molar refractivity (Wildman–Crippen MR) is 113 cm³/mol. The summed E-state index contributed by atoms with van der Waals surface area (Å²) in [6.07, 6.45) is 14.6. The van der Waals surface area contributed by atoms with Crippen molar-refractivity contribution < 1.29 is 9.84 Å². The molecule has 2 nitrogen and oxygen atoms in total. The van der Waals surface area contributed by atoms with Crippen molar-refractivity contribution in [2.45, 2.75) is 85.5 Å². The van der Waals surface area contributed by atoms with Gasteiger partial charge in [-0.2, -0.15) is 0 Å². The number of phenolic OH excluding ortho intramolecular Hbond substituents is 1. The third-order valence-electron chi connectivity index (χ3n) is 4.78. The number of hydrogen-bond donors (Lipinski definition) is 1. The van der Waals surface area contributed by atoms with Crippen LogP contribution in [0.5, 0.6) is 11.5 Å². The lowest BCUT2D eigenvalue weighted by Crippen LogP contribution is -1.96. The van der Waals surface area contributed by atoms with Crippen molar-refractivity contribution in [2.24, 2.45) is 0 Å². The van der Waals surface area contributed by atoms with Crippen LogP contribution in [0.2, 0.25) is 0 Å². The molecule has 0 amide bonds. The van der Waals surface area contributed by atoms with Crippen LogP contribution < -0.4 is 4.74 Å². The Bertz CT molecular complexity index is 592. The van der Waals surface area contributed by atoms with Gasteiger partial charge in [0.15, 0.2) is 0 Å². The van der Waals surface area contributed by atoms with Gasteiger partial charge in [-0.3, -0.25) is 0 Å². The monoisotopic (exact) mass is 358 g/mol. The Morgan fingerprint density at radius 3 is 2.42 bits per heavy atom. The van der Waals surface area contributed by atoms with Gasteiger partial charge >= 0.3 is 0 Å². The van der Waals surface area contributed by atoms with Gasteiger partial charge in [0.1, 0.15) is 11.5 Å². The highest BCUT2D eigenvalue weighted by molar-refractivity contribution is 5.48. The van der Waals surface area contributed by atoms with Crippen molar-refractivity contribution in [3.05, 3.63) is 46.6 Å². The van der Waals surface area contributed by atoms with E-state index in [1.54, 1.807) is 7.11 Å². The molecule has 0 aliphatic heterocycles. The smallest absolute Gasteiger partial charge is 0.126 e. The lowest BCUT2D eigenvalue weighted by molar-refractivity contribution is 0.400. The van der Waals surface area contributed by atoms with Gasteiger partial charge < -0.3 is 9.84 Å². The maximum Gasteiger partial charge on any atom is 0.126 e. The zero-order valence-electron chi connectivity index (χ0n) is 17.5. The van der Waals surface area contributed by atoms with Crippen LogP contribution in [0.25, 0.3) is 0 Å². The van der Waals surface area contributed by atoms with Crippen LogP contribution in [-0.2, 0) is 12.8 Å². The molecule has 0 saturated heterocycles. The summed E-state index contributed by atoms with van der Waals surface area (Å²) in [4.78, 5) is 0. The Labute approximate surface area is 161 Å². The van der Waals surface area contributed by atoms with E-state index in [0.29, 0.717) is 12.2 Å². The molecule has 0 unspecified atom stereocenters. The minimum absolute atomic E-state index is 0.362. The van der Waals surface area contributed by atoms with Gasteiger partial charge in [-0.1, -0.05) is 55.9 Å². The highest BCUT2D eigenvalue weighted by atomic mass is 16.5. The van der Waals surface area contributed by atoms with E-state index in [1.807, 2.05) is 6.07 Å². The summed E-state index contributed by atoms with van der Waals surface area (Å²) >= 11 is 0. The van der Waals surface area contributed by atoms with E-state index in [4.69, 9.17) is 4.74 Å². The maximum absolute atomic E-state index is 10.5. The van der Waals surface area contributed by atoms with Crippen molar-refractivity contribution in [3.8, 4) is 11.5 Å². The average Bonchev–Trinajstić information content (AvgIpc) is 2.59. The van der Waals surface area contributed by atoms with E-state index >= 15 is 0 Å². The molecule has 0 atom stereocenters. The number of ether oxygens (including phenoxy) is 1. The standard InChI is InChI=1S/C24H38O2/c1-6-7-8-9-10-14-21-17-23(25)22(24(18-21)26-5)16-15-20(4)13-11-12-19(2)3/h12,15,17-18,25H,6-11,13-14,16H2,1-5H3. The van der Waals surface area contributed by atoms with Crippen LogP contribution in [0.15, 0.2) is 35.4 Å². The molecule has 0 radical (unpaired) electrons. The third-order valence-corrected chi connectivity index (χ3v) is 4.78. The second-order valence-corrected chi connectivity index (χ2v) is 7.53. The molecule has 0 fully saturated rings. The second-order valence-electron chi connectivity index (χ2n) is 7.53. The third kappa shape index (κ3) is 8.60. The molecule has 0 heterocycles. The van der Waals surface area contributed by atoms with E-state index < -0.39 is 0 Å². The van der Waals surface area contributed by atoms with Crippen LogP contribution in [0, 0.1) is 0 Å². The molecule has 0 aliphatic carbocycles. The summed E-state index contributed by atoms with van der Waals surface area (Å²) in [6, 6.07) is 4.02. The van der Waals surface area contributed by atoms with Gasteiger partial charge in [-0.05, 0) is 70.6 Å². The minimum Gasteiger partial charge on any atom is -0.508 e. The fourth-order valence-electron chi connectivity index (χ4n) is 3.12. The van der Waals surface area contributed by atoms with E-state index in [1.165, 1.54) is 48.8 Å². The van der Waals surface area contributed by atoms with Crippen LogP contribution in [0.3, 0.4) is 0 Å². The summed E-state index contributed by atoms with van der Waals surface area (Å²) in [5.74, 6) is 1.17. The number of aryl methyl sites for hydroxylation is 1. The Hall–Kier alpha value is -1.70. The molecule has 26 heavy (non-hydrogen) atoms. The Morgan fingerprint density at radius 1 is 1.04 bits per heavy atom. The molecule has 1 N–H and O–H groups in total. The highest BCUT2D eigenvalue weighted by Gasteiger charge is 2.10. The quantitative estimate of drug-likeness (QED) is 0.317. The van der Waals surface area contributed by atoms with Crippen LogP contribution in [0.1, 0.15) is 83.8 Å². The Kier molecular flexibility index (Phi) is 10.8. The summed E-state index contributed by atoms with van der Waals surface area (Å²) < 4.78 is 5.56. The van der Waals surface area contributed by atoms with Gasteiger partial charge in [0.2, 0.25) is 0 Å². The zero-order chi connectivity index (χ0) is 19.4. The number of aromatic hydroxyl groups is 1. The Balaban J connectivity index is 2.69. The van der Waals surface area contributed by atoms with Crippen molar-refractivity contribution in [3.63, 3.8) is 0 Å². The molecular formula is C24H38O2. The second kappa shape index (κ2) is 12.6. The van der Waals surface area contributed by atoms with Crippen molar-refractivity contribution in [1.82, 2.24) is 0 Å². The maximum atomic E-state index is 10.5. The molecule has 1 aromatic carbocycles. The van der Waals surface area contributed by atoms with Gasteiger partial charge in [0, 0.05) is 5.56 Å². The molecule has 0 bridgehead atoms. The minimum atomic E-state index is 0.362. The number of allylic oxidation sites excluding steroid dienone is 4. The highest BCUT2D eigenvalue weighted by Crippen LogP contribution is 2.31. The van der Waals surface area contributed by atoms with Crippen LogP contribution in [-0.4, -0.2) is 12.2 Å². The molecule has 2 heteroatoms. The SMILES string of the molecule is CCCCCCCc1cc(O)c(CC=C(C)CCC=C(C)C)c(OC)c1. The van der Waals surface area contributed by atoms with Crippen molar-refractivity contribution in [2.75, 3.05) is 7.11 Å². The lowest BCUT2D eigenvalue weighted by Gasteiger charge is -2.12. The summed E-state index contributed by atoms with van der Waals surface area (Å²) in [5.41, 5.74) is 4.78. The average molecular weight is 359 g/mol. The van der Waals surface area contributed by atoms with Crippen LogP contribution in [0.4, 0.5) is 0 Å². The van der Waals surface area contributed by atoms with Gasteiger partial charge in [-0.15, -0.1) is 0 Å². The molecule has 0 aromatic heterocycles. The first-order valence-electron chi connectivity index (χ1n) is 10.2. The summed E-state index contributed by atoms with van der Waals surface area (Å²) in [5, 5.41) is 10.5. The fraction of sp³-hybridized carbons (Fsp3) is 0.583. The largest absolute Gasteiger partial charge is 0.508 e. The van der Waals surface area contributed by atoms with Crippen molar-refractivity contribution in [1.29, 1.82) is 0 Å². The van der Waals surface area contributed by atoms with Crippen LogP contribution >= 0.6 is 0 Å². The number of methoxy groups -OCH3 is 1. The molecule has 1 aromatic rings. The topological polar surface area (TPSA) is 29.5 Å². The van der Waals surface area contributed by atoms with Gasteiger partial charge in [-0.25, -0.2) is 0 Å². The first-order chi connectivity index (χ1) is 12.5. The van der Waals surface area contributed by atoms with Gasteiger partial charge in [0.05, 0.1) is 7.11 Å². The van der Waals surface area contributed by atoms with E-state index in [-0.39, 0.29) is 0 Å². The number of hydrogen-bond acceptors (Lipinski definition) is 2. The first-order valence-corrected chi connectivity index (χ1v) is 10.2. The molecule has 0 aliphatic rings. The number of unbranched alkanes of at least 4 members (excludes halogenated alkanes) is 4. The molecule has 1 rings (SSSR count). The van der Waals surface area contributed by atoms with E-state index in [9.17, 15) is 5.11 Å². The van der Waals surface area contributed by atoms with E-state index in [0.717, 1.165) is 30.6 Å². The van der Waals surface area contributed by atoms with Gasteiger partial charge in [0.25, 0.3) is 0 Å². The molecule has 146 valence electrons. The normalized spacial score (nSPS) is 11.5. The molecular weight excluding hydrogens is 320 g/mol. The number of benzene rings is 1. The zero-order valence-corrected chi connectivity index (χ0v) is 17.5. The number of rotatable bonds is 12. The first kappa shape index (κ1) is 22.3.